The van der Waals surface area contributed by atoms with Gasteiger partial charge in [-0.3, -0.25) is 4.79 Å². The fraction of sp³-hybridized carbons (Fsp3) is 0.900. The lowest BCUT2D eigenvalue weighted by Crippen LogP contribution is -2.31. The first-order chi connectivity index (χ1) is 6.57. The maximum atomic E-state index is 10.5. The molecule has 0 fully saturated rings. The van der Waals surface area contributed by atoms with Crippen LogP contribution < -0.4 is 11.1 Å². The summed E-state index contributed by atoms with van der Waals surface area (Å²) in [5.41, 5.74) is 5.35. The molecule has 4 heteroatoms. The van der Waals surface area contributed by atoms with Crippen molar-refractivity contribution in [3.8, 4) is 0 Å². The molecule has 0 bridgehead atoms. The van der Waals surface area contributed by atoms with Crippen molar-refractivity contribution in [3.05, 3.63) is 0 Å². The number of carbonyl (C=O) groups is 1. The number of nitrogens with one attached hydrogen (secondary N) is 1. The molecule has 0 aliphatic carbocycles. The minimum Gasteiger partial charge on any atom is -0.481 e. The number of rotatable bonds is 8. The van der Waals surface area contributed by atoms with Gasteiger partial charge >= 0.3 is 5.97 Å². The zero-order valence-electron chi connectivity index (χ0n) is 9.12. The van der Waals surface area contributed by atoms with Gasteiger partial charge in [0, 0.05) is 19.1 Å². The van der Waals surface area contributed by atoms with E-state index in [4.69, 9.17) is 10.8 Å². The van der Waals surface area contributed by atoms with Crippen LogP contribution in [0.5, 0.6) is 0 Å². The third-order valence-electron chi connectivity index (χ3n) is 2.33. The lowest BCUT2D eigenvalue weighted by atomic mass is 10.0. The van der Waals surface area contributed by atoms with Gasteiger partial charge in [0.15, 0.2) is 0 Å². The molecule has 0 aliphatic heterocycles. The first kappa shape index (κ1) is 13.4. The summed E-state index contributed by atoms with van der Waals surface area (Å²) in [6, 6.07) is 0.430. The maximum absolute atomic E-state index is 10.5. The van der Waals surface area contributed by atoms with Crippen molar-refractivity contribution in [3.63, 3.8) is 0 Å². The molecule has 2 unspecified atom stereocenters. The van der Waals surface area contributed by atoms with Gasteiger partial charge in [0.2, 0.25) is 0 Å². The third-order valence-corrected chi connectivity index (χ3v) is 2.33. The van der Waals surface area contributed by atoms with Crippen LogP contribution in [0.1, 0.15) is 33.1 Å². The van der Waals surface area contributed by atoms with Crippen LogP contribution in [-0.4, -0.2) is 30.2 Å². The lowest BCUT2D eigenvalue weighted by molar-refractivity contribution is -0.141. The predicted octanol–water partition coefficient (Wildman–Crippen LogP) is 0.814. The Bertz CT molecular complexity index is 162. The first-order valence-corrected chi connectivity index (χ1v) is 5.24. The van der Waals surface area contributed by atoms with Crippen LogP contribution in [0.4, 0.5) is 0 Å². The van der Waals surface area contributed by atoms with Gasteiger partial charge < -0.3 is 16.2 Å². The normalized spacial score (nSPS) is 15.1. The van der Waals surface area contributed by atoms with E-state index < -0.39 is 5.97 Å². The van der Waals surface area contributed by atoms with Crippen LogP contribution in [0.3, 0.4) is 0 Å². The summed E-state index contributed by atoms with van der Waals surface area (Å²) in [7, 11) is 0. The monoisotopic (exact) mass is 202 g/mol. The summed E-state index contributed by atoms with van der Waals surface area (Å²) in [4.78, 5) is 10.5. The van der Waals surface area contributed by atoms with Crippen molar-refractivity contribution in [2.75, 3.05) is 13.1 Å². The molecular weight excluding hydrogens is 180 g/mol. The summed E-state index contributed by atoms with van der Waals surface area (Å²) >= 11 is 0. The number of carboxylic acids is 1. The van der Waals surface area contributed by atoms with Gasteiger partial charge in [-0.25, -0.2) is 0 Å². The van der Waals surface area contributed by atoms with Gasteiger partial charge in [-0.2, -0.15) is 0 Å². The van der Waals surface area contributed by atoms with Crippen molar-refractivity contribution in [2.45, 2.75) is 39.2 Å². The molecule has 0 heterocycles. The highest BCUT2D eigenvalue weighted by atomic mass is 16.4. The molecule has 0 aromatic heterocycles. The Morgan fingerprint density at radius 3 is 2.57 bits per heavy atom. The molecule has 2 atom stereocenters. The van der Waals surface area contributed by atoms with Gasteiger partial charge in [0.25, 0.3) is 0 Å². The van der Waals surface area contributed by atoms with E-state index in [1.54, 1.807) is 6.92 Å². The molecule has 0 aromatic carbocycles. The second-order valence-electron chi connectivity index (χ2n) is 3.81. The molecule has 0 saturated carbocycles. The molecule has 0 saturated heterocycles. The average Bonchev–Trinajstić information content (AvgIpc) is 2.14. The van der Waals surface area contributed by atoms with Crippen molar-refractivity contribution in [1.82, 2.24) is 5.32 Å². The van der Waals surface area contributed by atoms with Crippen LogP contribution in [0, 0.1) is 5.92 Å². The van der Waals surface area contributed by atoms with E-state index in [1.807, 2.05) is 0 Å². The Hall–Kier alpha value is -0.610. The quantitative estimate of drug-likeness (QED) is 0.544. The highest BCUT2D eigenvalue weighted by molar-refractivity contribution is 5.69. The maximum Gasteiger partial charge on any atom is 0.306 e. The van der Waals surface area contributed by atoms with Crippen LogP contribution >= 0.6 is 0 Å². The summed E-state index contributed by atoms with van der Waals surface area (Å²) in [5.74, 6) is -0.927. The van der Waals surface area contributed by atoms with Crippen LogP contribution in [-0.2, 0) is 4.79 Å². The molecule has 4 N–H and O–H groups in total. The SMILES string of the molecule is CC(CCCC(C)C(=O)O)NCCN. The number of nitrogens with two attached hydrogens (primary N) is 1. The van der Waals surface area contributed by atoms with E-state index in [0.29, 0.717) is 12.6 Å². The number of hydrogen-bond donors (Lipinski definition) is 3. The highest BCUT2D eigenvalue weighted by Gasteiger charge is 2.10. The molecule has 0 rings (SSSR count). The second-order valence-corrected chi connectivity index (χ2v) is 3.81. The summed E-state index contributed by atoms with van der Waals surface area (Å²) in [5, 5.41) is 11.9. The first-order valence-electron chi connectivity index (χ1n) is 5.24. The minimum absolute atomic E-state index is 0.225. The largest absolute Gasteiger partial charge is 0.481 e. The zero-order chi connectivity index (χ0) is 11.0. The molecule has 0 aromatic rings. The fourth-order valence-electron chi connectivity index (χ4n) is 1.29. The van der Waals surface area contributed by atoms with Crippen LogP contribution in [0.25, 0.3) is 0 Å². The van der Waals surface area contributed by atoms with Gasteiger partial charge in [-0.05, 0) is 19.8 Å². The number of carboxylic acid groups (broad SMARTS) is 1. The predicted molar refractivity (Wildman–Crippen MR) is 57.2 cm³/mol. The lowest BCUT2D eigenvalue weighted by Gasteiger charge is -2.13. The van der Waals surface area contributed by atoms with E-state index in [-0.39, 0.29) is 5.92 Å². The second kappa shape index (κ2) is 7.76. The number of hydrogen-bond acceptors (Lipinski definition) is 3. The van der Waals surface area contributed by atoms with E-state index in [9.17, 15) is 4.79 Å². The van der Waals surface area contributed by atoms with E-state index in [2.05, 4.69) is 12.2 Å². The molecular formula is C10H22N2O2. The molecule has 0 aliphatic rings. The van der Waals surface area contributed by atoms with Gasteiger partial charge in [0.05, 0.1) is 5.92 Å². The zero-order valence-corrected chi connectivity index (χ0v) is 9.12. The smallest absolute Gasteiger partial charge is 0.306 e. The molecule has 0 spiro atoms. The summed E-state index contributed by atoms with van der Waals surface area (Å²) < 4.78 is 0. The third kappa shape index (κ3) is 6.86. The van der Waals surface area contributed by atoms with Crippen LogP contribution in [0.2, 0.25) is 0 Å². The minimum atomic E-state index is -0.701. The highest BCUT2D eigenvalue weighted by Crippen LogP contribution is 2.09. The molecule has 0 amide bonds. The topological polar surface area (TPSA) is 75.3 Å². The average molecular weight is 202 g/mol. The van der Waals surface area contributed by atoms with Crippen LogP contribution in [0.15, 0.2) is 0 Å². The van der Waals surface area contributed by atoms with E-state index in [1.165, 1.54) is 0 Å². The molecule has 0 radical (unpaired) electrons. The molecule has 4 nitrogen and oxygen atoms in total. The fourth-order valence-corrected chi connectivity index (χ4v) is 1.29. The van der Waals surface area contributed by atoms with Crippen molar-refractivity contribution in [1.29, 1.82) is 0 Å². The number of aliphatic carboxylic acids is 1. The summed E-state index contributed by atoms with van der Waals surface area (Å²) in [6.07, 6.45) is 2.72. The molecule has 14 heavy (non-hydrogen) atoms. The van der Waals surface area contributed by atoms with Gasteiger partial charge in [-0.15, -0.1) is 0 Å². The Balaban J connectivity index is 3.39. The van der Waals surface area contributed by atoms with Gasteiger partial charge in [0.1, 0.15) is 0 Å². The van der Waals surface area contributed by atoms with Crippen molar-refractivity contribution in [2.24, 2.45) is 11.7 Å². The summed E-state index contributed by atoms with van der Waals surface area (Å²) in [6.45, 7) is 5.33. The van der Waals surface area contributed by atoms with Crippen molar-refractivity contribution < 1.29 is 9.90 Å². The Morgan fingerprint density at radius 1 is 1.43 bits per heavy atom. The standard InChI is InChI=1S/C10H22N2O2/c1-8(10(13)14)4-3-5-9(2)12-7-6-11/h8-9,12H,3-7,11H2,1-2H3,(H,13,14). The molecule has 84 valence electrons. The van der Waals surface area contributed by atoms with E-state index in [0.717, 1.165) is 25.8 Å². The Morgan fingerprint density at radius 2 is 2.07 bits per heavy atom. The Kier molecular flexibility index (Phi) is 7.42. The Labute approximate surface area is 85.9 Å². The van der Waals surface area contributed by atoms with Gasteiger partial charge in [-0.1, -0.05) is 13.3 Å². The van der Waals surface area contributed by atoms with E-state index >= 15 is 0 Å². The van der Waals surface area contributed by atoms with Crippen molar-refractivity contribution >= 4 is 5.97 Å².